The summed E-state index contributed by atoms with van der Waals surface area (Å²) in [6, 6.07) is 14.4. The van der Waals surface area contributed by atoms with Gasteiger partial charge >= 0.3 is 5.97 Å². The normalized spacial score (nSPS) is 10.8. The van der Waals surface area contributed by atoms with Gasteiger partial charge in [0, 0.05) is 18.2 Å². The monoisotopic (exact) mass is 469 g/mol. The van der Waals surface area contributed by atoms with Crippen molar-refractivity contribution in [2.75, 3.05) is 6.61 Å². The molecule has 3 aromatic rings. The number of ether oxygens (including phenoxy) is 2. The highest BCUT2D eigenvalue weighted by Gasteiger charge is 2.12. The number of carbonyl (C=O) groups excluding carboxylic acids is 1. The van der Waals surface area contributed by atoms with Crippen LogP contribution in [0.2, 0.25) is 5.02 Å². The number of benzene rings is 3. The summed E-state index contributed by atoms with van der Waals surface area (Å²) in [5.74, 6) is -0.0862. The highest BCUT2D eigenvalue weighted by Crippen LogP contribution is 2.34. The zero-order valence-corrected chi connectivity index (χ0v) is 18.4. The van der Waals surface area contributed by atoms with Crippen molar-refractivity contribution in [2.45, 2.75) is 19.8 Å². The van der Waals surface area contributed by atoms with E-state index in [1.54, 1.807) is 24.3 Å². The van der Waals surface area contributed by atoms with Crippen LogP contribution in [0.1, 0.15) is 30.1 Å². The van der Waals surface area contributed by atoms with Crippen LogP contribution in [-0.4, -0.2) is 22.6 Å². The van der Waals surface area contributed by atoms with Gasteiger partial charge in [-0.15, -0.1) is 10.2 Å². The van der Waals surface area contributed by atoms with Crippen LogP contribution in [0.4, 0.5) is 17.1 Å². The second-order valence-corrected chi connectivity index (χ2v) is 7.27. The molecule has 0 fully saturated rings. The molecule has 0 aliphatic heterocycles. The molecule has 1 N–H and O–H groups in total. The molecule has 0 aliphatic carbocycles. The van der Waals surface area contributed by atoms with E-state index in [2.05, 4.69) is 17.2 Å². The van der Waals surface area contributed by atoms with Crippen molar-refractivity contribution in [3.05, 3.63) is 81.4 Å². The Bertz CT molecular complexity index is 1180. The lowest BCUT2D eigenvalue weighted by molar-refractivity contribution is -0.384. The summed E-state index contributed by atoms with van der Waals surface area (Å²) in [5.41, 5.74) is 0.442. The van der Waals surface area contributed by atoms with Crippen molar-refractivity contribution in [3.8, 4) is 17.2 Å². The Balaban J connectivity index is 1.65. The molecule has 0 spiro atoms. The molecule has 0 aromatic heterocycles. The van der Waals surface area contributed by atoms with Crippen molar-refractivity contribution in [3.63, 3.8) is 0 Å². The number of unbranched alkanes of at least 4 members (excludes halogenated alkanes) is 1. The highest BCUT2D eigenvalue weighted by atomic mass is 35.5. The lowest BCUT2D eigenvalue weighted by Crippen LogP contribution is -2.08. The van der Waals surface area contributed by atoms with E-state index in [0.717, 1.165) is 18.9 Å². The number of phenols is 1. The van der Waals surface area contributed by atoms with Gasteiger partial charge in [-0.25, -0.2) is 4.79 Å². The number of phenolic OH excluding ortho intramolecular Hbond substituents is 1. The van der Waals surface area contributed by atoms with Gasteiger partial charge in [-0.3, -0.25) is 10.1 Å². The molecule has 3 aromatic carbocycles. The maximum atomic E-state index is 12.4. The minimum Gasteiger partial charge on any atom is -0.505 e. The number of esters is 1. The number of nitro groups is 1. The van der Waals surface area contributed by atoms with Crippen LogP contribution in [0.3, 0.4) is 0 Å². The molecule has 33 heavy (non-hydrogen) atoms. The van der Waals surface area contributed by atoms with Crippen molar-refractivity contribution in [1.82, 2.24) is 0 Å². The second kappa shape index (κ2) is 11.1. The van der Waals surface area contributed by atoms with Crippen LogP contribution < -0.4 is 9.47 Å². The SMILES string of the molecule is CCCCOc1ccc(C(=O)Oc2ccc(N=Nc3ccc([N+](=O)[O-])cc3Cl)c(O)c2)cc1. The summed E-state index contributed by atoms with van der Waals surface area (Å²) in [7, 11) is 0. The fraction of sp³-hybridized carbons (Fsp3) is 0.174. The van der Waals surface area contributed by atoms with Gasteiger partial charge in [0.05, 0.1) is 22.1 Å². The van der Waals surface area contributed by atoms with E-state index in [9.17, 15) is 20.0 Å². The van der Waals surface area contributed by atoms with Gasteiger partial charge in [0.15, 0.2) is 0 Å². The lowest BCUT2D eigenvalue weighted by Gasteiger charge is -2.08. The maximum Gasteiger partial charge on any atom is 0.343 e. The molecular formula is C23H20ClN3O6. The zero-order chi connectivity index (χ0) is 23.8. The number of non-ortho nitro benzene ring substituents is 1. The first-order valence-corrected chi connectivity index (χ1v) is 10.4. The van der Waals surface area contributed by atoms with Crippen molar-refractivity contribution in [1.29, 1.82) is 0 Å². The number of hydrogen-bond acceptors (Lipinski definition) is 8. The van der Waals surface area contributed by atoms with E-state index in [4.69, 9.17) is 21.1 Å². The van der Waals surface area contributed by atoms with Gasteiger partial charge in [0.1, 0.15) is 28.6 Å². The van der Waals surface area contributed by atoms with Gasteiger partial charge in [-0.1, -0.05) is 24.9 Å². The molecule has 170 valence electrons. The third kappa shape index (κ3) is 6.50. The number of rotatable bonds is 9. The summed E-state index contributed by atoms with van der Waals surface area (Å²) in [6.07, 6.45) is 1.98. The minimum absolute atomic E-state index is 0.0415. The van der Waals surface area contributed by atoms with E-state index in [1.165, 1.54) is 30.3 Å². The summed E-state index contributed by atoms with van der Waals surface area (Å²) >= 11 is 5.98. The molecule has 0 unspecified atom stereocenters. The number of aromatic hydroxyl groups is 1. The highest BCUT2D eigenvalue weighted by molar-refractivity contribution is 6.33. The molecule has 0 saturated heterocycles. The lowest BCUT2D eigenvalue weighted by atomic mass is 10.2. The Labute approximate surface area is 194 Å². The van der Waals surface area contributed by atoms with Gasteiger partial charge in [-0.05, 0) is 48.9 Å². The minimum atomic E-state index is -0.596. The Hall–Kier alpha value is -3.98. The smallest absolute Gasteiger partial charge is 0.343 e. The average Bonchev–Trinajstić information content (AvgIpc) is 2.79. The van der Waals surface area contributed by atoms with E-state index < -0.39 is 10.9 Å². The number of hydrogen-bond donors (Lipinski definition) is 1. The Kier molecular flexibility index (Phi) is 7.93. The Morgan fingerprint density at radius 2 is 1.70 bits per heavy atom. The fourth-order valence-corrected chi connectivity index (χ4v) is 2.85. The standard InChI is InChI=1S/C23H20ClN3O6/c1-2-3-12-32-17-7-4-15(5-8-17)23(29)33-18-9-11-21(22(28)14-18)26-25-20-10-6-16(27(30)31)13-19(20)24/h4-11,13-14,28H,2-3,12H2,1H3. The van der Waals surface area contributed by atoms with E-state index >= 15 is 0 Å². The van der Waals surface area contributed by atoms with E-state index in [1.807, 2.05) is 0 Å². The first-order chi connectivity index (χ1) is 15.9. The average molecular weight is 470 g/mol. The predicted octanol–water partition coefficient (Wildman–Crippen LogP) is 6.77. The van der Waals surface area contributed by atoms with Crippen LogP contribution in [-0.2, 0) is 0 Å². The molecule has 3 rings (SSSR count). The molecule has 0 bridgehead atoms. The maximum absolute atomic E-state index is 12.4. The largest absolute Gasteiger partial charge is 0.505 e. The summed E-state index contributed by atoms with van der Waals surface area (Å²) in [4.78, 5) is 22.6. The zero-order valence-electron chi connectivity index (χ0n) is 17.6. The number of halogens is 1. The Morgan fingerprint density at radius 1 is 1.03 bits per heavy atom. The van der Waals surface area contributed by atoms with Crippen molar-refractivity contribution >= 4 is 34.6 Å². The van der Waals surface area contributed by atoms with Crippen LogP contribution in [0.5, 0.6) is 17.2 Å². The van der Waals surface area contributed by atoms with E-state index in [0.29, 0.717) is 17.9 Å². The third-order valence-electron chi connectivity index (χ3n) is 4.42. The molecule has 0 saturated carbocycles. The van der Waals surface area contributed by atoms with Crippen LogP contribution >= 0.6 is 11.6 Å². The first kappa shape index (κ1) is 23.7. The van der Waals surface area contributed by atoms with Gasteiger partial charge in [0.25, 0.3) is 5.69 Å². The molecule has 0 aliphatic rings. The number of azo groups is 1. The third-order valence-corrected chi connectivity index (χ3v) is 4.72. The summed E-state index contributed by atoms with van der Waals surface area (Å²) < 4.78 is 10.9. The first-order valence-electron chi connectivity index (χ1n) is 10.0. The van der Waals surface area contributed by atoms with Crippen molar-refractivity contribution in [2.24, 2.45) is 10.2 Å². The summed E-state index contributed by atoms with van der Waals surface area (Å²) in [5, 5.41) is 28.8. The van der Waals surface area contributed by atoms with Crippen molar-refractivity contribution < 1.29 is 24.3 Å². The molecule has 0 heterocycles. The van der Waals surface area contributed by atoms with Gasteiger partial charge in [-0.2, -0.15) is 0 Å². The molecule has 9 nitrogen and oxygen atoms in total. The second-order valence-electron chi connectivity index (χ2n) is 6.86. The van der Waals surface area contributed by atoms with Gasteiger partial charge in [0.2, 0.25) is 0 Å². The number of nitrogens with zero attached hydrogens (tertiary/aromatic N) is 3. The molecule has 0 atom stereocenters. The van der Waals surface area contributed by atoms with E-state index in [-0.39, 0.29) is 33.6 Å². The fourth-order valence-electron chi connectivity index (χ4n) is 2.64. The van der Waals surface area contributed by atoms with Crippen LogP contribution in [0, 0.1) is 10.1 Å². The Morgan fingerprint density at radius 3 is 2.33 bits per heavy atom. The molecule has 0 radical (unpaired) electrons. The predicted molar refractivity (Wildman–Crippen MR) is 122 cm³/mol. The number of nitro benzene ring substituents is 1. The quantitative estimate of drug-likeness (QED) is 0.0920. The molecular weight excluding hydrogens is 450 g/mol. The number of carbonyl (C=O) groups is 1. The van der Waals surface area contributed by atoms with Crippen LogP contribution in [0.25, 0.3) is 0 Å². The van der Waals surface area contributed by atoms with Gasteiger partial charge < -0.3 is 14.6 Å². The van der Waals surface area contributed by atoms with Crippen LogP contribution in [0.15, 0.2) is 70.9 Å². The topological polar surface area (TPSA) is 124 Å². The molecule has 0 amide bonds. The summed E-state index contributed by atoms with van der Waals surface area (Å²) in [6.45, 7) is 2.68. The molecule has 10 heteroatoms.